The molecule has 26 heavy (non-hydrogen) atoms. The fourth-order valence-corrected chi connectivity index (χ4v) is 3.91. The Bertz CT molecular complexity index is 885. The summed E-state index contributed by atoms with van der Waals surface area (Å²) in [6, 6.07) is 3.82. The van der Waals surface area contributed by atoms with Crippen LogP contribution >= 0.6 is 0 Å². The summed E-state index contributed by atoms with van der Waals surface area (Å²) >= 11 is 0. The lowest BCUT2D eigenvalue weighted by Crippen LogP contribution is -2.41. The minimum Gasteiger partial charge on any atom is -0.338 e. The monoisotopic (exact) mass is 353 g/mol. The van der Waals surface area contributed by atoms with Gasteiger partial charge in [-0.1, -0.05) is 0 Å². The Labute approximate surface area is 151 Å². The number of hydrogen-bond acceptors (Lipinski definition) is 4. The Kier molecular flexibility index (Phi) is 3.69. The molecule has 1 aliphatic heterocycles. The highest BCUT2D eigenvalue weighted by Gasteiger charge is 2.33. The average molecular weight is 353 g/mol. The molecule has 2 aromatic rings. The van der Waals surface area contributed by atoms with E-state index in [-0.39, 0.29) is 17.6 Å². The van der Waals surface area contributed by atoms with Crippen LogP contribution in [0.4, 0.5) is 0 Å². The lowest BCUT2D eigenvalue weighted by atomic mass is 10.0. The first-order valence-electron chi connectivity index (χ1n) is 9.63. The molecule has 0 bridgehead atoms. The number of hydrogen-bond donors (Lipinski definition) is 1. The first kappa shape index (κ1) is 15.8. The number of aromatic amines is 1. The van der Waals surface area contributed by atoms with E-state index in [0.29, 0.717) is 24.9 Å². The summed E-state index contributed by atoms with van der Waals surface area (Å²) in [5, 5.41) is 4.50. The van der Waals surface area contributed by atoms with Gasteiger partial charge in [0.15, 0.2) is 0 Å². The van der Waals surface area contributed by atoms with Crippen LogP contribution < -0.4 is 5.69 Å². The fourth-order valence-electron chi connectivity index (χ4n) is 3.91. The third-order valence-corrected chi connectivity index (χ3v) is 5.75. The van der Waals surface area contributed by atoms with E-state index in [1.807, 2.05) is 17.0 Å². The first-order chi connectivity index (χ1) is 12.7. The van der Waals surface area contributed by atoms with Gasteiger partial charge in [-0.2, -0.15) is 5.10 Å². The number of H-pyrrole nitrogens is 1. The molecule has 0 aromatic carbocycles. The topological polar surface area (TPSA) is 83.9 Å². The van der Waals surface area contributed by atoms with E-state index in [1.54, 1.807) is 10.9 Å². The van der Waals surface area contributed by atoms with Gasteiger partial charge in [-0.15, -0.1) is 0 Å². The Morgan fingerprint density at radius 1 is 1.08 bits per heavy atom. The van der Waals surface area contributed by atoms with Crippen molar-refractivity contribution in [2.75, 3.05) is 13.1 Å². The predicted molar refractivity (Wildman–Crippen MR) is 95.2 cm³/mol. The van der Waals surface area contributed by atoms with E-state index in [1.165, 1.54) is 0 Å². The highest BCUT2D eigenvalue weighted by atomic mass is 16.2. The van der Waals surface area contributed by atoms with Crippen molar-refractivity contribution < 1.29 is 4.79 Å². The summed E-state index contributed by atoms with van der Waals surface area (Å²) in [6.07, 6.45) is 7.80. The molecule has 0 unspecified atom stereocenters. The van der Waals surface area contributed by atoms with Crippen molar-refractivity contribution in [1.29, 1.82) is 0 Å². The lowest BCUT2D eigenvalue weighted by Gasteiger charge is -2.32. The molecule has 3 heterocycles. The zero-order valence-electron chi connectivity index (χ0n) is 14.7. The second kappa shape index (κ2) is 6.07. The number of nitrogens with zero attached hydrogens (tertiary/aromatic N) is 4. The predicted octanol–water partition coefficient (Wildman–Crippen LogP) is 2.20. The molecule has 1 saturated heterocycles. The van der Waals surface area contributed by atoms with E-state index in [9.17, 15) is 9.59 Å². The first-order valence-corrected chi connectivity index (χ1v) is 9.63. The van der Waals surface area contributed by atoms with Crippen molar-refractivity contribution >= 4 is 5.91 Å². The third-order valence-electron chi connectivity index (χ3n) is 5.75. The summed E-state index contributed by atoms with van der Waals surface area (Å²) in [4.78, 5) is 34.4. The molecule has 0 radical (unpaired) electrons. The van der Waals surface area contributed by atoms with Gasteiger partial charge in [-0.3, -0.25) is 14.8 Å². The van der Waals surface area contributed by atoms with Crippen molar-refractivity contribution in [1.82, 2.24) is 24.6 Å². The van der Waals surface area contributed by atoms with Crippen LogP contribution in [-0.4, -0.2) is 43.6 Å². The maximum absolute atomic E-state index is 13.0. The average Bonchev–Trinajstić information content (AvgIpc) is 3.59. The highest BCUT2D eigenvalue weighted by molar-refractivity contribution is 5.95. The van der Waals surface area contributed by atoms with Gasteiger partial charge in [-0.05, 0) is 50.7 Å². The second-order valence-corrected chi connectivity index (χ2v) is 7.77. The summed E-state index contributed by atoms with van der Waals surface area (Å²) in [7, 11) is 0. The van der Waals surface area contributed by atoms with Crippen molar-refractivity contribution in [3.63, 3.8) is 0 Å². The third kappa shape index (κ3) is 2.85. The molecule has 3 aliphatic rings. The Morgan fingerprint density at radius 2 is 1.81 bits per heavy atom. The van der Waals surface area contributed by atoms with Gasteiger partial charge >= 0.3 is 5.69 Å². The standard InChI is InChI=1S/C19H23N5O2/c25-18(15-2-1-9-20-16(15)12-3-4-12)23-10-7-14(8-11-23)24-19(26)21-17(22-24)13-5-6-13/h1-2,9,12-14H,3-8,10-11H2,(H,21,22,26). The maximum Gasteiger partial charge on any atom is 0.343 e. The summed E-state index contributed by atoms with van der Waals surface area (Å²) < 4.78 is 1.61. The van der Waals surface area contributed by atoms with Gasteiger partial charge < -0.3 is 4.90 Å². The van der Waals surface area contributed by atoms with Crippen LogP contribution in [-0.2, 0) is 0 Å². The largest absolute Gasteiger partial charge is 0.343 e. The quantitative estimate of drug-likeness (QED) is 0.913. The summed E-state index contributed by atoms with van der Waals surface area (Å²) in [5.41, 5.74) is 1.60. The number of carbonyl (C=O) groups excluding carboxylic acids is 1. The Morgan fingerprint density at radius 3 is 2.50 bits per heavy atom. The Balaban J connectivity index is 1.28. The van der Waals surface area contributed by atoms with E-state index in [0.717, 1.165) is 55.6 Å². The molecule has 5 rings (SSSR count). The van der Waals surface area contributed by atoms with Gasteiger partial charge in [0.1, 0.15) is 5.82 Å². The number of aromatic nitrogens is 4. The zero-order valence-corrected chi connectivity index (χ0v) is 14.7. The molecule has 0 atom stereocenters. The number of rotatable bonds is 4. The zero-order chi connectivity index (χ0) is 17.7. The number of piperidine rings is 1. The summed E-state index contributed by atoms with van der Waals surface area (Å²) in [5.74, 6) is 1.80. The maximum atomic E-state index is 13.0. The van der Waals surface area contributed by atoms with E-state index >= 15 is 0 Å². The number of carbonyl (C=O) groups is 1. The van der Waals surface area contributed by atoms with Gasteiger partial charge in [0.2, 0.25) is 0 Å². The normalized spacial score (nSPS) is 21.2. The molecule has 2 aromatic heterocycles. The molecular weight excluding hydrogens is 330 g/mol. The van der Waals surface area contributed by atoms with E-state index < -0.39 is 0 Å². The van der Waals surface area contributed by atoms with Crippen LogP contribution in [0, 0.1) is 0 Å². The molecule has 0 spiro atoms. The van der Waals surface area contributed by atoms with Crippen molar-refractivity contribution in [2.45, 2.75) is 56.4 Å². The van der Waals surface area contributed by atoms with Crippen molar-refractivity contribution in [3.8, 4) is 0 Å². The van der Waals surface area contributed by atoms with Gasteiger partial charge in [-0.25, -0.2) is 9.48 Å². The van der Waals surface area contributed by atoms with Crippen LogP contribution in [0.2, 0.25) is 0 Å². The number of pyridine rings is 1. The van der Waals surface area contributed by atoms with Crippen LogP contribution in [0.15, 0.2) is 23.1 Å². The van der Waals surface area contributed by atoms with Crippen LogP contribution in [0.1, 0.15) is 78.3 Å². The second-order valence-electron chi connectivity index (χ2n) is 7.77. The van der Waals surface area contributed by atoms with Crippen molar-refractivity contribution in [2.24, 2.45) is 0 Å². The van der Waals surface area contributed by atoms with Gasteiger partial charge in [0.05, 0.1) is 17.3 Å². The van der Waals surface area contributed by atoms with Gasteiger partial charge in [0, 0.05) is 31.1 Å². The van der Waals surface area contributed by atoms with Crippen molar-refractivity contribution in [3.05, 3.63) is 45.9 Å². The molecule has 3 fully saturated rings. The molecule has 7 heteroatoms. The summed E-state index contributed by atoms with van der Waals surface area (Å²) in [6.45, 7) is 1.31. The minimum atomic E-state index is -0.111. The number of nitrogens with one attached hydrogen (secondary N) is 1. The molecule has 2 aliphatic carbocycles. The molecular formula is C19H23N5O2. The number of likely N-dealkylation sites (tertiary alicyclic amines) is 1. The lowest BCUT2D eigenvalue weighted by molar-refractivity contribution is 0.0686. The van der Waals surface area contributed by atoms with Gasteiger partial charge in [0.25, 0.3) is 5.91 Å². The SMILES string of the molecule is O=C(c1cccnc1C1CC1)N1CCC(n2nc(C3CC3)[nH]c2=O)CC1. The van der Waals surface area contributed by atoms with Crippen LogP contribution in [0.5, 0.6) is 0 Å². The Hall–Kier alpha value is -2.44. The smallest absolute Gasteiger partial charge is 0.338 e. The highest BCUT2D eigenvalue weighted by Crippen LogP contribution is 2.41. The molecule has 1 amide bonds. The minimum absolute atomic E-state index is 0.0755. The van der Waals surface area contributed by atoms with E-state index in [4.69, 9.17) is 0 Å². The number of amides is 1. The fraction of sp³-hybridized carbons (Fsp3) is 0.579. The van der Waals surface area contributed by atoms with Crippen LogP contribution in [0.3, 0.4) is 0 Å². The van der Waals surface area contributed by atoms with E-state index in [2.05, 4.69) is 15.1 Å². The molecule has 7 nitrogen and oxygen atoms in total. The molecule has 1 N–H and O–H groups in total. The molecule has 136 valence electrons. The molecule has 2 saturated carbocycles. The van der Waals surface area contributed by atoms with Crippen LogP contribution in [0.25, 0.3) is 0 Å².